The van der Waals surface area contributed by atoms with Crippen LogP contribution in [-0.4, -0.2) is 89.1 Å². The van der Waals surface area contributed by atoms with Crippen LogP contribution in [0.4, 0.5) is 0 Å². The van der Waals surface area contributed by atoms with Crippen LogP contribution in [0.5, 0.6) is 5.75 Å². The number of nitrogens with zero attached hydrogens (tertiary/aromatic N) is 3. The Morgan fingerprint density at radius 3 is 2.50 bits per heavy atom. The van der Waals surface area contributed by atoms with E-state index in [1.807, 2.05) is 13.1 Å². The number of hydrogen-bond acceptors (Lipinski definition) is 5. The lowest BCUT2D eigenvalue weighted by atomic mass is 9.96. The molecule has 1 N–H and O–H groups in total. The first-order valence-electron chi connectivity index (χ1n) is 12.1. The summed E-state index contributed by atoms with van der Waals surface area (Å²) in [6.07, 6.45) is 5.77. The van der Waals surface area contributed by atoms with Gasteiger partial charge in [0, 0.05) is 66.2 Å². The summed E-state index contributed by atoms with van der Waals surface area (Å²) in [7, 11) is 6.15. The fourth-order valence-corrected chi connectivity index (χ4v) is 4.44. The summed E-state index contributed by atoms with van der Waals surface area (Å²) >= 11 is 0. The molecule has 7 heteroatoms. The van der Waals surface area contributed by atoms with E-state index in [0.717, 1.165) is 76.5 Å². The standard InChI is InChI=1S/C25H42N4O3/c1-26-25(29(3)12-7-21-8-14-30-15-9-21)27-20-22-5-4-6-24(19-22)32-18-13-28(2)23-10-16-31-17-11-23/h4-6,19,21,23H,7-18,20H2,1-3H3,(H,26,27). The molecular weight excluding hydrogens is 404 g/mol. The van der Waals surface area contributed by atoms with Crippen LogP contribution in [0.2, 0.25) is 0 Å². The SMILES string of the molecule is CN=C(NCc1cccc(OCCN(C)C2CCOCC2)c1)N(C)CCC1CCOCC1. The number of nitrogens with one attached hydrogen (secondary N) is 1. The minimum Gasteiger partial charge on any atom is -0.492 e. The van der Waals surface area contributed by atoms with E-state index in [4.69, 9.17) is 14.2 Å². The Kier molecular flexibility index (Phi) is 10.6. The van der Waals surface area contributed by atoms with E-state index in [2.05, 4.69) is 52.4 Å². The summed E-state index contributed by atoms with van der Waals surface area (Å²) < 4.78 is 17.0. The molecule has 2 saturated heterocycles. The van der Waals surface area contributed by atoms with Gasteiger partial charge in [-0.25, -0.2) is 0 Å². The molecule has 0 radical (unpaired) electrons. The van der Waals surface area contributed by atoms with Crippen molar-refractivity contribution in [2.75, 3.05) is 67.3 Å². The van der Waals surface area contributed by atoms with Crippen molar-refractivity contribution in [1.82, 2.24) is 15.1 Å². The van der Waals surface area contributed by atoms with Crippen LogP contribution in [0.25, 0.3) is 0 Å². The number of likely N-dealkylation sites (N-methyl/N-ethyl adjacent to an activating group) is 1. The van der Waals surface area contributed by atoms with Gasteiger partial charge in [0.25, 0.3) is 0 Å². The summed E-state index contributed by atoms with van der Waals surface area (Å²) in [5.74, 6) is 2.62. The lowest BCUT2D eigenvalue weighted by Gasteiger charge is -2.31. The Bertz CT molecular complexity index is 688. The quantitative estimate of drug-likeness (QED) is 0.440. The Morgan fingerprint density at radius 1 is 1.06 bits per heavy atom. The first-order chi connectivity index (χ1) is 15.7. The molecule has 1 aromatic carbocycles. The molecule has 3 rings (SSSR count). The smallest absolute Gasteiger partial charge is 0.193 e. The van der Waals surface area contributed by atoms with E-state index >= 15 is 0 Å². The number of aliphatic imine (C=N–C) groups is 1. The maximum Gasteiger partial charge on any atom is 0.193 e. The molecule has 0 aliphatic carbocycles. The van der Waals surface area contributed by atoms with Gasteiger partial charge >= 0.3 is 0 Å². The van der Waals surface area contributed by atoms with Gasteiger partial charge < -0.3 is 24.4 Å². The molecule has 2 fully saturated rings. The van der Waals surface area contributed by atoms with Gasteiger partial charge in [-0.2, -0.15) is 0 Å². The van der Waals surface area contributed by atoms with Crippen LogP contribution in [0, 0.1) is 5.92 Å². The van der Waals surface area contributed by atoms with Gasteiger partial charge in [-0.3, -0.25) is 9.89 Å². The third-order valence-corrected chi connectivity index (χ3v) is 6.66. The topological polar surface area (TPSA) is 58.6 Å². The molecule has 0 unspecified atom stereocenters. The average molecular weight is 447 g/mol. The molecule has 7 nitrogen and oxygen atoms in total. The molecule has 0 bridgehead atoms. The summed E-state index contributed by atoms with van der Waals surface area (Å²) in [6, 6.07) is 8.96. The van der Waals surface area contributed by atoms with E-state index < -0.39 is 0 Å². The highest BCUT2D eigenvalue weighted by Crippen LogP contribution is 2.19. The number of rotatable bonds is 10. The second-order valence-corrected chi connectivity index (χ2v) is 8.99. The summed E-state index contributed by atoms with van der Waals surface area (Å²) in [4.78, 5) is 9.08. The highest BCUT2D eigenvalue weighted by molar-refractivity contribution is 5.79. The predicted octanol–water partition coefficient (Wildman–Crippen LogP) is 3.00. The van der Waals surface area contributed by atoms with Crippen molar-refractivity contribution in [3.63, 3.8) is 0 Å². The maximum absolute atomic E-state index is 6.04. The molecule has 0 spiro atoms. The van der Waals surface area contributed by atoms with Crippen LogP contribution >= 0.6 is 0 Å². The van der Waals surface area contributed by atoms with E-state index in [1.54, 1.807) is 0 Å². The van der Waals surface area contributed by atoms with E-state index in [0.29, 0.717) is 12.6 Å². The molecule has 0 aromatic heterocycles. The summed E-state index contributed by atoms with van der Waals surface area (Å²) in [5, 5.41) is 3.49. The normalized spacial score (nSPS) is 18.7. The van der Waals surface area contributed by atoms with Gasteiger partial charge in [-0.05, 0) is 62.8 Å². The molecule has 0 atom stereocenters. The fourth-order valence-electron chi connectivity index (χ4n) is 4.44. The largest absolute Gasteiger partial charge is 0.492 e. The lowest BCUT2D eigenvalue weighted by molar-refractivity contribution is 0.0392. The molecule has 2 aliphatic rings. The minimum absolute atomic E-state index is 0.609. The van der Waals surface area contributed by atoms with Crippen LogP contribution in [0.15, 0.2) is 29.3 Å². The van der Waals surface area contributed by atoms with E-state index in [-0.39, 0.29) is 0 Å². The monoisotopic (exact) mass is 446 g/mol. The average Bonchev–Trinajstić information content (AvgIpc) is 2.84. The fraction of sp³-hybridized carbons (Fsp3) is 0.720. The van der Waals surface area contributed by atoms with Crippen molar-refractivity contribution in [3.8, 4) is 5.75 Å². The molecule has 0 amide bonds. The second kappa shape index (κ2) is 13.7. The van der Waals surface area contributed by atoms with Gasteiger partial charge in [0.1, 0.15) is 12.4 Å². The van der Waals surface area contributed by atoms with Crippen LogP contribution in [0.1, 0.15) is 37.7 Å². The Balaban J connectivity index is 1.39. The van der Waals surface area contributed by atoms with Crippen molar-refractivity contribution in [2.45, 2.75) is 44.7 Å². The Hall–Kier alpha value is -1.83. The van der Waals surface area contributed by atoms with Gasteiger partial charge in [0.2, 0.25) is 0 Å². The third kappa shape index (κ3) is 8.26. The molecule has 1 aromatic rings. The van der Waals surface area contributed by atoms with Gasteiger partial charge in [0.15, 0.2) is 5.96 Å². The molecular formula is C25H42N4O3. The first-order valence-corrected chi connectivity index (χ1v) is 12.1. The zero-order valence-corrected chi connectivity index (χ0v) is 20.2. The molecule has 32 heavy (non-hydrogen) atoms. The number of ether oxygens (including phenoxy) is 3. The lowest BCUT2D eigenvalue weighted by Crippen LogP contribution is -2.39. The minimum atomic E-state index is 0.609. The van der Waals surface area contributed by atoms with Crippen molar-refractivity contribution in [2.24, 2.45) is 10.9 Å². The predicted molar refractivity (Wildman–Crippen MR) is 129 cm³/mol. The van der Waals surface area contributed by atoms with Crippen molar-refractivity contribution < 1.29 is 14.2 Å². The van der Waals surface area contributed by atoms with Crippen molar-refractivity contribution in [3.05, 3.63) is 29.8 Å². The molecule has 2 aliphatic heterocycles. The zero-order valence-electron chi connectivity index (χ0n) is 20.2. The highest BCUT2D eigenvalue weighted by Gasteiger charge is 2.18. The molecule has 0 saturated carbocycles. The van der Waals surface area contributed by atoms with Crippen LogP contribution < -0.4 is 10.1 Å². The Labute approximate surface area is 194 Å². The number of guanidine groups is 1. The van der Waals surface area contributed by atoms with E-state index in [1.165, 1.54) is 24.8 Å². The number of hydrogen-bond donors (Lipinski definition) is 1. The maximum atomic E-state index is 6.04. The van der Waals surface area contributed by atoms with E-state index in [9.17, 15) is 0 Å². The molecule has 180 valence electrons. The van der Waals surface area contributed by atoms with Gasteiger partial charge in [-0.15, -0.1) is 0 Å². The third-order valence-electron chi connectivity index (χ3n) is 6.66. The first kappa shape index (κ1) is 24.8. The van der Waals surface area contributed by atoms with Gasteiger partial charge in [-0.1, -0.05) is 12.1 Å². The Morgan fingerprint density at radius 2 is 1.78 bits per heavy atom. The number of benzene rings is 1. The zero-order chi connectivity index (χ0) is 22.6. The van der Waals surface area contributed by atoms with Crippen LogP contribution in [0.3, 0.4) is 0 Å². The van der Waals surface area contributed by atoms with Gasteiger partial charge in [0.05, 0.1) is 0 Å². The highest BCUT2D eigenvalue weighted by atomic mass is 16.5. The summed E-state index contributed by atoms with van der Waals surface area (Å²) in [5.41, 5.74) is 1.19. The second-order valence-electron chi connectivity index (χ2n) is 8.99. The summed E-state index contributed by atoms with van der Waals surface area (Å²) in [6.45, 7) is 6.93. The molecule has 2 heterocycles. The van der Waals surface area contributed by atoms with Crippen LogP contribution in [-0.2, 0) is 16.0 Å². The van der Waals surface area contributed by atoms with Crippen molar-refractivity contribution >= 4 is 5.96 Å². The van der Waals surface area contributed by atoms with Crippen molar-refractivity contribution in [1.29, 1.82) is 0 Å².